The highest BCUT2D eigenvalue weighted by Gasteiger charge is 2.29. The molecule has 1 rings (SSSR count). The summed E-state index contributed by atoms with van der Waals surface area (Å²) in [5.74, 6) is 4.33. The van der Waals surface area contributed by atoms with Crippen LogP contribution in [0.15, 0.2) is 18.2 Å². The van der Waals surface area contributed by atoms with E-state index in [0.717, 1.165) is 7.11 Å². The van der Waals surface area contributed by atoms with Crippen molar-refractivity contribution in [2.45, 2.75) is 19.1 Å². The molecule has 114 valence electrons. The summed E-state index contributed by atoms with van der Waals surface area (Å²) in [5.41, 5.74) is 1.57. The molecule has 0 bridgehead atoms. The number of esters is 1. The van der Waals surface area contributed by atoms with Gasteiger partial charge in [-0.15, -0.1) is 0 Å². The number of nitrogens with one attached hydrogen (secondary N) is 1. The van der Waals surface area contributed by atoms with E-state index in [9.17, 15) is 13.2 Å². The molecule has 1 aromatic rings. The van der Waals surface area contributed by atoms with Crippen molar-refractivity contribution < 1.29 is 23.1 Å². The number of benzene rings is 1. The number of aliphatic hydroxyl groups excluding tert-OH is 1. The van der Waals surface area contributed by atoms with E-state index in [1.54, 1.807) is 25.1 Å². The van der Waals surface area contributed by atoms with Gasteiger partial charge in [-0.25, -0.2) is 8.42 Å². The predicted molar refractivity (Wildman–Crippen MR) is 79.2 cm³/mol. The fourth-order valence-corrected chi connectivity index (χ4v) is 2.54. The molecular weight excluding hydrogens is 294 g/mol. The van der Waals surface area contributed by atoms with E-state index in [4.69, 9.17) is 5.11 Å². The third-order valence-corrected chi connectivity index (χ3v) is 4.43. The van der Waals surface area contributed by atoms with E-state index in [1.807, 2.05) is 0 Å². The van der Waals surface area contributed by atoms with Gasteiger partial charge in [-0.05, 0) is 31.5 Å². The van der Waals surface area contributed by atoms with Crippen molar-refractivity contribution in [3.05, 3.63) is 29.3 Å². The Bertz CT molecular complexity index is 685. The number of carbonyl (C=O) groups excluding carboxylic acids is 1. The van der Waals surface area contributed by atoms with Gasteiger partial charge in [0.25, 0.3) is 0 Å². The molecule has 1 atom stereocenters. The third kappa shape index (κ3) is 4.48. The second-order valence-electron chi connectivity index (χ2n) is 4.30. The molecule has 0 fully saturated rings. The summed E-state index contributed by atoms with van der Waals surface area (Å²) >= 11 is 0. The summed E-state index contributed by atoms with van der Waals surface area (Å²) in [6, 6.07) is 4.95. The van der Waals surface area contributed by atoms with Crippen molar-refractivity contribution in [3.63, 3.8) is 0 Å². The van der Waals surface area contributed by atoms with Gasteiger partial charge in [0, 0.05) is 5.56 Å². The van der Waals surface area contributed by atoms with E-state index < -0.39 is 21.2 Å². The maximum Gasteiger partial charge on any atom is 0.325 e. The predicted octanol–water partition coefficient (Wildman–Crippen LogP) is 0.642. The van der Waals surface area contributed by atoms with Crippen LogP contribution >= 0.6 is 0 Å². The molecule has 0 saturated carbocycles. The largest absolute Gasteiger partial charge is 0.468 e. The highest BCUT2D eigenvalue weighted by molar-refractivity contribution is 7.94. The van der Waals surface area contributed by atoms with Crippen LogP contribution in [0.1, 0.15) is 18.1 Å². The number of sulfonamides is 1. The molecule has 0 aliphatic heterocycles. The summed E-state index contributed by atoms with van der Waals surface area (Å²) in [4.78, 5) is 11.4. The standard InChI is InChI=1S/C14H17NO5S/c1-10-6-7-12(5-4-8-16)9-13(10)15-21(18,19)11(2)14(17)20-3/h6-7,9,11,15-16H,8H2,1-3H3. The van der Waals surface area contributed by atoms with Gasteiger partial charge in [0.05, 0.1) is 12.8 Å². The van der Waals surface area contributed by atoms with Crippen molar-refractivity contribution in [1.29, 1.82) is 0 Å². The van der Waals surface area contributed by atoms with Gasteiger partial charge in [0.2, 0.25) is 10.0 Å². The Balaban J connectivity index is 3.09. The molecule has 0 aliphatic carbocycles. The van der Waals surface area contributed by atoms with Gasteiger partial charge >= 0.3 is 5.97 Å². The quantitative estimate of drug-likeness (QED) is 0.629. The second-order valence-corrected chi connectivity index (χ2v) is 6.30. The van der Waals surface area contributed by atoms with Gasteiger partial charge in [-0.2, -0.15) is 0 Å². The molecule has 0 saturated heterocycles. The first-order valence-corrected chi connectivity index (χ1v) is 7.66. The molecule has 0 amide bonds. The number of hydrogen-bond acceptors (Lipinski definition) is 5. The van der Waals surface area contributed by atoms with Gasteiger partial charge in [-0.1, -0.05) is 17.9 Å². The molecule has 6 nitrogen and oxygen atoms in total. The molecule has 21 heavy (non-hydrogen) atoms. The Kier molecular flexibility index (Phi) is 5.76. The van der Waals surface area contributed by atoms with Crippen LogP contribution in [-0.2, 0) is 19.6 Å². The lowest BCUT2D eigenvalue weighted by Gasteiger charge is -2.14. The van der Waals surface area contributed by atoms with Gasteiger partial charge in [-0.3, -0.25) is 9.52 Å². The normalized spacial score (nSPS) is 12.0. The van der Waals surface area contributed by atoms with Crippen molar-refractivity contribution in [1.82, 2.24) is 0 Å². The number of methoxy groups -OCH3 is 1. The molecule has 1 unspecified atom stereocenters. The zero-order chi connectivity index (χ0) is 16.0. The first-order chi connectivity index (χ1) is 9.81. The Labute approximate surface area is 124 Å². The van der Waals surface area contributed by atoms with E-state index in [1.165, 1.54) is 6.92 Å². The minimum Gasteiger partial charge on any atom is -0.468 e. The van der Waals surface area contributed by atoms with Crippen LogP contribution in [0.3, 0.4) is 0 Å². The molecule has 1 aromatic carbocycles. The summed E-state index contributed by atoms with van der Waals surface area (Å²) in [6.07, 6.45) is 0. The van der Waals surface area contributed by atoms with Crippen molar-refractivity contribution in [2.24, 2.45) is 0 Å². The number of aliphatic hydroxyl groups is 1. The summed E-state index contributed by atoms with van der Waals surface area (Å²) in [6.45, 7) is 2.69. The van der Waals surface area contributed by atoms with Crippen LogP contribution in [0.4, 0.5) is 5.69 Å². The van der Waals surface area contributed by atoms with Crippen LogP contribution in [0, 0.1) is 18.8 Å². The lowest BCUT2D eigenvalue weighted by molar-refractivity contribution is -0.139. The van der Waals surface area contributed by atoms with Crippen molar-refractivity contribution in [2.75, 3.05) is 18.4 Å². The van der Waals surface area contributed by atoms with Gasteiger partial charge in [0.1, 0.15) is 6.61 Å². The van der Waals surface area contributed by atoms with Crippen LogP contribution in [-0.4, -0.2) is 38.5 Å². The lowest BCUT2D eigenvalue weighted by Crippen LogP contribution is -2.33. The number of ether oxygens (including phenoxy) is 1. The van der Waals surface area contributed by atoms with Crippen LogP contribution < -0.4 is 4.72 Å². The number of rotatable bonds is 4. The first-order valence-electron chi connectivity index (χ1n) is 6.11. The number of aryl methyl sites for hydroxylation is 1. The summed E-state index contributed by atoms with van der Waals surface area (Å²) < 4.78 is 31.0. The highest BCUT2D eigenvalue weighted by atomic mass is 32.2. The minimum atomic E-state index is -3.91. The SMILES string of the molecule is COC(=O)C(C)S(=O)(=O)Nc1cc(C#CCO)ccc1C. The van der Waals surface area contributed by atoms with Crippen molar-refractivity contribution in [3.8, 4) is 11.8 Å². The average molecular weight is 311 g/mol. The maximum atomic E-state index is 12.1. The highest BCUT2D eigenvalue weighted by Crippen LogP contribution is 2.19. The number of carbonyl (C=O) groups is 1. The van der Waals surface area contributed by atoms with E-state index in [-0.39, 0.29) is 6.61 Å². The Morgan fingerprint density at radius 1 is 1.48 bits per heavy atom. The van der Waals surface area contributed by atoms with E-state index in [2.05, 4.69) is 21.3 Å². The van der Waals surface area contributed by atoms with Gasteiger partial charge in [0.15, 0.2) is 5.25 Å². The number of anilines is 1. The van der Waals surface area contributed by atoms with E-state index >= 15 is 0 Å². The summed E-state index contributed by atoms with van der Waals surface area (Å²) in [7, 11) is -2.78. The van der Waals surface area contributed by atoms with Crippen LogP contribution in [0.2, 0.25) is 0 Å². The van der Waals surface area contributed by atoms with E-state index in [0.29, 0.717) is 16.8 Å². The monoisotopic (exact) mass is 311 g/mol. The molecular formula is C14H17NO5S. The minimum absolute atomic E-state index is 0.283. The molecule has 0 spiro atoms. The Morgan fingerprint density at radius 2 is 2.14 bits per heavy atom. The maximum absolute atomic E-state index is 12.1. The topological polar surface area (TPSA) is 92.7 Å². The molecule has 0 aliphatic rings. The molecule has 0 radical (unpaired) electrons. The second kappa shape index (κ2) is 7.11. The van der Waals surface area contributed by atoms with Crippen LogP contribution in [0.5, 0.6) is 0 Å². The number of hydrogen-bond donors (Lipinski definition) is 2. The summed E-state index contributed by atoms with van der Waals surface area (Å²) in [5, 5.41) is 7.34. The first kappa shape index (κ1) is 17.0. The lowest BCUT2D eigenvalue weighted by atomic mass is 10.1. The van der Waals surface area contributed by atoms with Gasteiger partial charge < -0.3 is 9.84 Å². The molecule has 0 heterocycles. The van der Waals surface area contributed by atoms with Crippen molar-refractivity contribution >= 4 is 21.7 Å². The molecule has 7 heteroatoms. The zero-order valence-electron chi connectivity index (χ0n) is 12.0. The van der Waals surface area contributed by atoms with Crippen LogP contribution in [0.25, 0.3) is 0 Å². The smallest absolute Gasteiger partial charge is 0.325 e. The molecule has 0 aromatic heterocycles. The third-order valence-electron chi connectivity index (χ3n) is 2.80. The average Bonchev–Trinajstić information content (AvgIpc) is 2.46. The Hall–Kier alpha value is -2.04. The fraction of sp³-hybridized carbons (Fsp3) is 0.357. The molecule has 2 N–H and O–H groups in total. The Morgan fingerprint density at radius 3 is 2.71 bits per heavy atom. The fourth-order valence-electron chi connectivity index (χ4n) is 1.49. The zero-order valence-corrected chi connectivity index (χ0v) is 12.8.